The van der Waals surface area contributed by atoms with Crippen LogP contribution in [-0.4, -0.2) is 57.3 Å². The molecule has 1 saturated heterocycles. The maximum atomic E-state index is 11.8. The van der Waals surface area contributed by atoms with Crippen LogP contribution < -0.4 is 10.1 Å². The van der Waals surface area contributed by atoms with Crippen molar-refractivity contribution in [1.29, 1.82) is 0 Å². The van der Waals surface area contributed by atoms with E-state index in [1.54, 1.807) is 13.2 Å². The third-order valence-electron chi connectivity index (χ3n) is 3.44. The van der Waals surface area contributed by atoms with Gasteiger partial charge in [0, 0.05) is 42.3 Å². The number of hydrogen-bond donors (Lipinski definition) is 1. The molecule has 1 amide bonds. The summed E-state index contributed by atoms with van der Waals surface area (Å²) in [6.07, 6.45) is 3.29. The van der Waals surface area contributed by atoms with Gasteiger partial charge in [0.05, 0.1) is 20.3 Å². The van der Waals surface area contributed by atoms with Gasteiger partial charge in [0.15, 0.2) is 0 Å². The zero-order valence-electron chi connectivity index (χ0n) is 12.7. The number of hydrogen-bond acceptors (Lipinski definition) is 4. The van der Waals surface area contributed by atoms with Crippen molar-refractivity contribution in [3.63, 3.8) is 0 Å². The lowest BCUT2D eigenvalue weighted by Gasteiger charge is -2.26. The maximum absolute atomic E-state index is 11.8. The van der Waals surface area contributed by atoms with Crippen molar-refractivity contribution in [3.8, 4) is 5.75 Å². The lowest BCUT2D eigenvalue weighted by atomic mass is 10.2. The van der Waals surface area contributed by atoms with Crippen LogP contribution in [0.25, 0.3) is 6.08 Å². The first-order valence-corrected chi connectivity index (χ1v) is 8.08. The van der Waals surface area contributed by atoms with E-state index in [0.717, 1.165) is 48.6 Å². The molecule has 5 nitrogen and oxygen atoms in total. The van der Waals surface area contributed by atoms with Crippen LogP contribution in [0.3, 0.4) is 0 Å². The SMILES string of the molecule is COc1ccc(Br)cc1/C=C/C(=O)NCCN1CCOCC1. The zero-order valence-corrected chi connectivity index (χ0v) is 14.3. The number of benzene rings is 1. The van der Waals surface area contributed by atoms with Gasteiger partial charge in [-0.1, -0.05) is 15.9 Å². The van der Waals surface area contributed by atoms with Gasteiger partial charge in [0.25, 0.3) is 0 Å². The zero-order chi connectivity index (χ0) is 15.8. The molecule has 1 aliphatic heterocycles. The smallest absolute Gasteiger partial charge is 0.244 e. The average Bonchev–Trinajstić information content (AvgIpc) is 2.54. The third-order valence-corrected chi connectivity index (χ3v) is 3.93. The summed E-state index contributed by atoms with van der Waals surface area (Å²) in [7, 11) is 1.61. The Hall–Kier alpha value is -1.37. The number of carbonyl (C=O) groups is 1. The summed E-state index contributed by atoms with van der Waals surface area (Å²) in [5, 5.41) is 2.89. The minimum atomic E-state index is -0.102. The van der Waals surface area contributed by atoms with Gasteiger partial charge >= 0.3 is 0 Å². The number of carbonyl (C=O) groups excluding carboxylic acids is 1. The van der Waals surface area contributed by atoms with Gasteiger partial charge in [-0.05, 0) is 24.3 Å². The van der Waals surface area contributed by atoms with Gasteiger partial charge in [0.2, 0.25) is 5.91 Å². The quantitative estimate of drug-likeness (QED) is 0.779. The minimum Gasteiger partial charge on any atom is -0.496 e. The van der Waals surface area contributed by atoms with Crippen LogP contribution in [0.4, 0.5) is 0 Å². The molecule has 6 heteroatoms. The molecule has 120 valence electrons. The number of amides is 1. The van der Waals surface area contributed by atoms with Gasteiger partial charge < -0.3 is 14.8 Å². The van der Waals surface area contributed by atoms with Crippen LogP contribution in [0.15, 0.2) is 28.7 Å². The molecule has 1 aromatic rings. The molecule has 0 aliphatic carbocycles. The predicted octanol–water partition coefficient (Wildman–Crippen LogP) is 1.92. The van der Waals surface area contributed by atoms with E-state index >= 15 is 0 Å². The third kappa shape index (κ3) is 5.44. The Morgan fingerprint density at radius 3 is 2.95 bits per heavy atom. The normalized spacial score (nSPS) is 15.9. The molecule has 0 saturated carbocycles. The molecule has 0 unspecified atom stereocenters. The van der Waals surface area contributed by atoms with E-state index in [2.05, 4.69) is 26.1 Å². The monoisotopic (exact) mass is 368 g/mol. The first-order chi connectivity index (χ1) is 10.7. The second-order valence-corrected chi connectivity index (χ2v) is 5.88. The molecule has 0 atom stereocenters. The lowest BCUT2D eigenvalue weighted by molar-refractivity contribution is -0.116. The topological polar surface area (TPSA) is 50.8 Å². The van der Waals surface area contributed by atoms with Gasteiger partial charge in [-0.25, -0.2) is 0 Å². The van der Waals surface area contributed by atoms with E-state index in [1.165, 1.54) is 6.08 Å². The van der Waals surface area contributed by atoms with Gasteiger partial charge in [-0.3, -0.25) is 9.69 Å². The van der Waals surface area contributed by atoms with Crippen LogP contribution in [0.1, 0.15) is 5.56 Å². The van der Waals surface area contributed by atoms with Gasteiger partial charge in [0.1, 0.15) is 5.75 Å². The molecule has 0 radical (unpaired) electrons. The van der Waals surface area contributed by atoms with E-state index in [1.807, 2.05) is 18.2 Å². The van der Waals surface area contributed by atoms with Crippen molar-refractivity contribution in [2.75, 3.05) is 46.5 Å². The number of methoxy groups -OCH3 is 1. The summed E-state index contributed by atoms with van der Waals surface area (Å²) < 4.78 is 11.5. The van der Waals surface area contributed by atoms with Crippen molar-refractivity contribution < 1.29 is 14.3 Å². The summed E-state index contributed by atoms with van der Waals surface area (Å²) in [4.78, 5) is 14.1. The molecule has 0 bridgehead atoms. The van der Waals surface area contributed by atoms with Crippen LogP contribution in [0, 0.1) is 0 Å². The predicted molar refractivity (Wildman–Crippen MR) is 90.0 cm³/mol. The Kier molecular flexibility index (Phi) is 6.89. The fourth-order valence-electron chi connectivity index (χ4n) is 2.22. The molecule has 0 spiro atoms. The molecule has 1 fully saturated rings. The number of nitrogens with one attached hydrogen (secondary N) is 1. The summed E-state index contributed by atoms with van der Waals surface area (Å²) in [5.74, 6) is 0.635. The fourth-order valence-corrected chi connectivity index (χ4v) is 2.60. The highest BCUT2D eigenvalue weighted by molar-refractivity contribution is 9.10. The molecular formula is C16H21BrN2O3. The number of morpholine rings is 1. The highest BCUT2D eigenvalue weighted by atomic mass is 79.9. The van der Waals surface area contributed by atoms with Gasteiger partial charge in [-0.2, -0.15) is 0 Å². The minimum absolute atomic E-state index is 0.102. The van der Waals surface area contributed by atoms with E-state index in [-0.39, 0.29) is 5.91 Å². The second-order valence-electron chi connectivity index (χ2n) is 4.96. The maximum Gasteiger partial charge on any atom is 0.244 e. The van der Waals surface area contributed by atoms with E-state index < -0.39 is 0 Å². The van der Waals surface area contributed by atoms with Crippen molar-refractivity contribution in [1.82, 2.24) is 10.2 Å². The Morgan fingerprint density at radius 2 is 2.23 bits per heavy atom. The number of rotatable bonds is 6. The highest BCUT2D eigenvalue weighted by Gasteiger charge is 2.09. The van der Waals surface area contributed by atoms with Crippen molar-refractivity contribution in [2.24, 2.45) is 0 Å². The number of nitrogens with zero attached hydrogens (tertiary/aromatic N) is 1. The van der Waals surface area contributed by atoms with Crippen LogP contribution >= 0.6 is 15.9 Å². The first-order valence-electron chi connectivity index (χ1n) is 7.28. The molecule has 22 heavy (non-hydrogen) atoms. The fraction of sp³-hybridized carbons (Fsp3) is 0.438. The van der Waals surface area contributed by atoms with Gasteiger partial charge in [-0.15, -0.1) is 0 Å². The van der Waals surface area contributed by atoms with Crippen molar-refractivity contribution in [2.45, 2.75) is 0 Å². The lowest BCUT2D eigenvalue weighted by Crippen LogP contribution is -2.41. The second kappa shape index (κ2) is 8.92. The Balaban J connectivity index is 1.79. The summed E-state index contributed by atoms with van der Waals surface area (Å²) in [6.45, 7) is 4.90. The number of ether oxygens (including phenoxy) is 2. The molecule has 1 N–H and O–H groups in total. The molecule has 1 heterocycles. The van der Waals surface area contributed by atoms with Crippen LogP contribution in [0.2, 0.25) is 0 Å². The molecule has 1 aromatic carbocycles. The Bertz CT molecular complexity index is 528. The Morgan fingerprint density at radius 1 is 1.45 bits per heavy atom. The highest BCUT2D eigenvalue weighted by Crippen LogP contribution is 2.23. The Labute approximate surface area is 139 Å². The first kappa shape index (κ1) is 17.0. The van der Waals surface area contributed by atoms with Crippen LogP contribution in [0.5, 0.6) is 5.75 Å². The summed E-state index contributed by atoms with van der Waals surface area (Å²) >= 11 is 3.41. The summed E-state index contributed by atoms with van der Waals surface area (Å²) in [6, 6.07) is 5.68. The van der Waals surface area contributed by atoms with Crippen molar-refractivity contribution in [3.05, 3.63) is 34.3 Å². The van der Waals surface area contributed by atoms with E-state index in [9.17, 15) is 4.79 Å². The molecule has 1 aliphatic rings. The largest absolute Gasteiger partial charge is 0.496 e. The number of halogens is 1. The van der Waals surface area contributed by atoms with E-state index in [0.29, 0.717) is 6.54 Å². The van der Waals surface area contributed by atoms with Crippen LogP contribution in [-0.2, 0) is 9.53 Å². The standard InChI is InChI=1S/C16H21BrN2O3/c1-21-15-4-3-14(17)12-13(15)2-5-16(20)18-6-7-19-8-10-22-11-9-19/h2-5,12H,6-11H2,1H3,(H,18,20)/b5-2+. The summed E-state index contributed by atoms with van der Waals surface area (Å²) in [5.41, 5.74) is 0.861. The molecular weight excluding hydrogens is 348 g/mol. The molecule has 0 aromatic heterocycles. The van der Waals surface area contributed by atoms with Crippen molar-refractivity contribution >= 4 is 27.9 Å². The average molecular weight is 369 g/mol. The molecule has 2 rings (SSSR count). The van der Waals surface area contributed by atoms with E-state index in [4.69, 9.17) is 9.47 Å².